The lowest BCUT2D eigenvalue weighted by molar-refractivity contribution is -0.144. The van der Waals surface area contributed by atoms with Crippen LogP contribution in [0.4, 0.5) is 5.69 Å². The van der Waals surface area contributed by atoms with Gasteiger partial charge in [-0.1, -0.05) is 18.2 Å². The molecule has 8 rings (SSSR count). The molecule has 2 heterocycles. The van der Waals surface area contributed by atoms with E-state index in [9.17, 15) is 4.79 Å². The number of benzene rings is 2. The number of piperidine rings is 1. The first-order chi connectivity index (χ1) is 15.9. The molecule has 1 fully saturated rings. The first-order valence-corrected chi connectivity index (χ1v) is 11.7. The maximum absolute atomic E-state index is 11.8. The van der Waals surface area contributed by atoms with Crippen molar-refractivity contribution in [3.63, 3.8) is 0 Å². The smallest absolute Gasteiger partial charge is 0.221 e. The van der Waals surface area contributed by atoms with Gasteiger partial charge in [-0.25, -0.2) is 0 Å². The molecule has 0 radical (unpaired) electrons. The molecule has 170 valence electrons. The predicted octanol–water partition coefficient (Wildman–Crippen LogP) is 3.28. The third-order valence-corrected chi connectivity index (χ3v) is 9.15. The van der Waals surface area contributed by atoms with Gasteiger partial charge in [0.05, 0.1) is 12.5 Å². The van der Waals surface area contributed by atoms with Gasteiger partial charge in [0, 0.05) is 36.7 Å². The molecule has 2 spiro atoms. The summed E-state index contributed by atoms with van der Waals surface area (Å²) in [5, 5.41) is 2.96. The van der Waals surface area contributed by atoms with Crippen LogP contribution in [-0.4, -0.2) is 50.8 Å². The maximum atomic E-state index is 11.8. The molecule has 4 aliphatic carbocycles. The van der Waals surface area contributed by atoms with E-state index in [-0.39, 0.29) is 22.8 Å². The second-order valence-electron chi connectivity index (χ2n) is 10.2. The standard InChI is InChI=1S/C27H28N2O4/c1-15(30)28-17-6-7-18-19(14-17)27(32-4)10-9-25(18)21-13-16-5-8-20(31-3)23-22(16)26(25,24(27)33-23)11-12-29(21)2/h5-10,14,21,24H,11-13H2,1-4H3,(H,28,30)/t21-,24-,25-,26+,27-/m1/s1. The van der Waals surface area contributed by atoms with E-state index in [1.54, 1.807) is 14.2 Å². The van der Waals surface area contributed by atoms with Gasteiger partial charge in [0.15, 0.2) is 11.5 Å². The van der Waals surface area contributed by atoms with Crippen molar-refractivity contribution in [2.45, 2.75) is 48.3 Å². The van der Waals surface area contributed by atoms with Crippen LogP contribution in [0.15, 0.2) is 42.5 Å². The molecular formula is C27H28N2O4. The number of ether oxygens (including phenoxy) is 3. The number of hydrogen-bond acceptors (Lipinski definition) is 5. The van der Waals surface area contributed by atoms with Crippen molar-refractivity contribution in [1.82, 2.24) is 4.90 Å². The Morgan fingerprint density at radius 1 is 1.18 bits per heavy atom. The molecule has 6 aliphatic rings. The molecule has 5 atom stereocenters. The molecule has 2 aliphatic heterocycles. The molecule has 4 bridgehead atoms. The minimum Gasteiger partial charge on any atom is -0.493 e. The Hall–Kier alpha value is -2.83. The first-order valence-electron chi connectivity index (χ1n) is 11.7. The van der Waals surface area contributed by atoms with Crippen LogP contribution in [0.2, 0.25) is 0 Å². The quantitative estimate of drug-likeness (QED) is 0.737. The van der Waals surface area contributed by atoms with Crippen LogP contribution < -0.4 is 14.8 Å². The fourth-order valence-corrected chi connectivity index (χ4v) is 8.05. The van der Waals surface area contributed by atoms with E-state index in [0.717, 1.165) is 42.1 Å². The zero-order chi connectivity index (χ0) is 22.8. The van der Waals surface area contributed by atoms with Crippen molar-refractivity contribution in [2.75, 3.05) is 33.1 Å². The highest BCUT2D eigenvalue weighted by atomic mass is 16.6. The summed E-state index contributed by atoms with van der Waals surface area (Å²) in [5.74, 6) is 1.59. The molecule has 0 aromatic heterocycles. The summed E-state index contributed by atoms with van der Waals surface area (Å²) in [6, 6.07) is 10.9. The summed E-state index contributed by atoms with van der Waals surface area (Å²) in [7, 11) is 5.73. The molecule has 2 aromatic carbocycles. The molecule has 2 aromatic rings. The summed E-state index contributed by atoms with van der Waals surface area (Å²) in [6.07, 6.45) is 6.39. The lowest BCUT2D eigenvalue weighted by atomic mass is 9.38. The normalized spacial score (nSPS) is 36.1. The van der Waals surface area contributed by atoms with Crippen LogP contribution in [0.25, 0.3) is 0 Å². The lowest BCUT2D eigenvalue weighted by Gasteiger charge is -2.69. The molecule has 33 heavy (non-hydrogen) atoms. The van der Waals surface area contributed by atoms with E-state index >= 15 is 0 Å². The maximum Gasteiger partial charge on any atom is 0.221 e. The van der Waals surface area contributed by atoms with Gasteiger partial charge in [-0.05, 0) is 67.4 Å². The second-order valence-corrected chi connectivity index (χ2v) is 10.2. The number of anilines is 1. The molecule has 0 unspecified atom stereocenters. The van der Waals surface area contributed by atoms with Gasteiger partial charge in [-0.3, -0.25) is 4.79 Å². The molecule has 1 saturated heterocycles. The van der Waals surface area contributed by atoms with Gasteiger partial charge in [0.2, 0.25) is 5.91 Å². The highest BCUT2D eigenvalue weighted by Gasteiger charge is 2.78. The van der Waals surface area contributed by atoms with Gasteiger partial charge < -0.3 is 24.4 Å². The number of nitrogens with one attached hydrogen (secondary N) is 1. The number of likely N-dealkylation sites (N-methyl/N-ethyl adjacent to an activating group) is 1. The Morgan fingerprint density at radius 2 is 2.03 bits per heavy atom. The minimum absolute atomic E-state index is 0.0827. The summed E-state index contributed by atoms with van der Waals surface area (Å²) < 4.78 is 19.1. The Kier molecular flexibility index (Phi) is 3.56. The highest BCUT2D eigenvalue weighted by molar-refractivity contribution is 5.89. The Bertz CT molecular complexity index is 1270. The van der Waals surface area contributed by atoms with E-state index < -0.39 is 5.60 Å². The van der Waals surface area contributed by atoms with Gasteiger partial charge in [0.25, 0.3) is 0 Å². The SMILES string of the molecule is COc1ccc2c3c1O[C@@H]1[C@]34CCN(C)[C@H](C2)[C@]42C=C[C@@]1(OC)c1cc(NC(C)=O)ccc12. The topological polar surface area (TPSA) is 60.0 Å². The number of likely N-dealkylation sites (tertiary alicyclic amines) is 1. The summed E-state index contributed by atoms with van der Waals surface area (Å²) in [4.78, 5) is 14.3. The van der Waals surface area contributed by atoms with Gasteiger partial charge in [0.1, 0.15) is 11.7 Å². The zero-order valence-corrected chi connectivity index (χ0v) is 19.4. The predicted molar refractivity (Wildman–Crippen MR) is 124 cm³/mol. The molecule has 6 heteroatoms. The van der Waals surface area contributed by atoms with Crippen LogP contribution >= 0.6 is 0 Å². The van der Waals surface area contributed by atoms with E-state index in [2.05, 4.69) is 47.6 Å². The zero-order valence-electron chi connectivity index (χ0n) is 19.4. The average molecular weight is 445 g/mol. The molecule has 6 nitrogen and oxygen atoms in total. The third kappa shape index (κ3) is 1.91. The van der Waals surface area contributed by atoms with E-state index in [4.69, 9.17) is 14.2 Å². The largest absolute Gasteiger partial charge is 0.493 e. The monoisotopic (exact) mass is 444 g/mol. The van der Waals surface area contributed by atoms with Crippen LogP contribution in [0.3, 0.4) is 0 Å². The number of rotatable bonds is 3. The van der Waals surface area contributed by atoms with E-state index in [1.165, 1.54) is 23.6 Å². The highest BCUT2D eigenvalue weighted by Crippen LogP contribution is 2.74. The second kappa shape index (κ2) is 5.99. The third-order valence-electron chi connectivity index (χ3n) is 9.15. The lowest BCUT2D eigenvalue weighted by Crippen LogP contribution is -2.77. The molecule has 1 amide bonds. The average Bonchev–Trinajstić information content (AvgIpc) is 3.17. The number of carbonyl (C=O) groups excluding carboxylic acids is 1. The van der Waals surface area contributed by atoms with Crippen molar-refractivity contribution in [1.29, 1.82) is 0 Å². The molecule has 1 N–H and O–H groups in total. The number of carbonyl (C=O) groups is 1. The molecular weight excluding hydrogens is 416 g/mol. The fraction of sp³-hybridized carbons (Fsp3) is 0.444. The summed E-state index contributed by atoms with van der Waals surface area (Å²) in [6.45, 7) is 2.55. The summed E-state index contributed by atoms with van der Waals surface area (Å²) in [5.41, 5.74) is 4.64. The van der Waals surface area contributed by atoms with Gasteiger partial charge >= 0.3 is 0 Å². The van der Waals surface area contributed by atoms with Crippen molar-refractivity contribution in [3.8, 4) is 11.5 Å². The number of hydrogen-bond donors (Lipinski definition) is 1. The van der Waals surface area contributed by atoms with Gasteiger partial charge in [-0.2, -0.15) is 0 Å². The Morgan fingerprint density at radius 3 is 2.79 bits per heavy atom. The van der Waals surface area contributed by atoms with E-state index in [1.807, 2.05) is 12.1 Å². The van der Waals surface area contributed by atoms with E-state index in [0.29, 0.717) is 6.04 Å². The summed E-state index contributed by atoms with van der Waals surface area (Å²) >= 11 is 0. The number of nitrogens with zero attached hydrogens (tertiary/aromatic N) is 1. The Balaban J connectivity index is 1.60. The first kappa shape index (κ1) is 19.6. The van der Waals surface area contributed by atoms with Crippen LogP contribution in [0, 0.1) is 0 Å². The molecule has 0 saturated carbocycles. The van der Waals surface area contributed by atoms with Crippen molar-refractivity contribution < 1.29 is 19.0 Å². The van der Waals surface area contributed by atoms with Crippen molar-refractivity contribution in [3.05, 3.63) is 64.7 Å². The van der Waals surface area contributed by atoms with Crippen LogP contribution in [0.5, 0.6) is 11.5 Å². The fourth-order valence-electron chi connectivity index (χ4n) is 8.05. The number of amides is 1. The van der Waals surface area contributed by atoms with Crippen LogP contribution in [-0.2, 0) is 32.4 Å². The van der Waals surface area contributed by atoms with Crippen molar-refractivity contribution in [2.24, 2.45) is 0 Å². The number of methoxy groups -OCH3 is 2. The van der Waals surface area contributed by atoms with Gasteiger partial charge in [-0.15, -0.1) is 0 Å². The minimum atomic E-state index is -0.745. The van der Waals surface area contributed by atoms with Crippen molar-refractivity contribution >= 4 is 11.6 Å². The van der Waals surface area contributed by atoms with Crippen LogP contribution in [0.1, 0.15) is 35.6 Å². The Labute approximate surface area is 193 Å².